The molecule has 2 aromatic rings. The highest BCUT2D eigenvalue weighted by Gasteiger charge is 2.37. The zero-order valence-corrected chi connectivity index (χ0v) is 16.5. The van der Waals surface area contributed by atoms with Gasteiger partial charge in [0.2, 0.25) is 0 Å². The van der Waals surface area contributed by atoms with Gasteiger partial charge in [0.1, 0.15) is 0 Å². The first-order valence-electron chi connectivity index (χ1n) is 9.67. The van der Waals surface area contributed by atoms with Gasteiger partial charge in [-0.1, -0.05) is 0 Å². The molecule has 32 heavy (non-hydrogen) atoms. The Morgan fingerprint density at radius 2 is 0.938 bits per heavy atom. The number of aromatic carboxylic acids is 2. The Labute approximate surface area is 180 Å². The second-order valence-electron chi connectivity index (χ2n) is 7.36. The van der Waals surface area contributed by atoms with Gasteiger partial charge in [-0.05, 0) is 49.2 Å². The van der Waals surface area contributed by atoms with Gasteiger partial charge in [-0.3, -0.25) is 29.0 Å². The van der Waals surface area contributed by atoms with Gasteiger partial charge in [0.05, 0.1) is 33.4 Å². The molecule has 2 N–H and O–H groups in total. The molecule has 0 saturated heterocycles. The fourth-order valence-corrected chi connectivity index (χ4v) is 3.79. The third kappa shape index (κ3) is 3.31. The zero-order valence-electron chi connectivity index (χ0n) is 16.5. The van der Waals surface area contributed by atoms with E-state index >= 15 is 0 Å². The summed E-state index contributed by atoms with van der Waals surface area (Å²) in [6, 6.07) is 7.47. The van der Waals surface area contributed by atoms with E-state index < -0.39 is 35.6 Å². The molecule has 0 saturated carbocycles. The Morgan fingerprint density at radius 3 is 1.28 bits per heavy atom. The van der Waals surface area contributed by atoms with Crippen molar-refractivity contribution in [1.29, 1.82) is 0 Å². The summed E-state index contributed by atoms with van der Waals surface area (Å²) < 4.78 is 0. The van der Waals surface area contributed by atoms with Crippen LogP contribution >= 0.6 is 0 Å². The predicted octanol–water partition coefficient (Wildman–Crippen LogP) is 1.76. The van der Waals surface area contributed by atoms with Crippen LogP contribution in [0.2, 0.25) is 0 Å². The minimum atomic E-state index is -1.21. The number of carbonyl (C=O) groups is 6. The number of carboxylic acids is 2. The minimum Gasteiger partial charge on any atom is -0.478 e. The summed E-state index contributed by atoms with van der Waals surface area (Å²) in [5.41, 5.74) is 0.144. The molecule has 10 nitrogen and oxygen atoms in total. The number of hydrogen-bond acceptors (Lipinski definition) is 6. The van der Waals surface area contributed by atoms with Crippen molar-refractivity contribution in [1.82, 2.24) is 9.80 Å². The van der Waals surface area contributed by atoms with Crippen molar-refractivity contribution in [3.8, 4) is 0 Å². The maximum atomic E-state index is 12.5. The molecule has 2 aliphatic rings. The van der Waals surface area contributed by atoms with Crippen molar-refractivity contribution in [2.75, 3.05) is 13.1 Å². The Morgan fingerprint density at radius 1 is 0.594 bits per heavy atom. The van der Waals surface area contributed by atoms with Crippen LogP contribution in [-0.4, -0.2) is 68.7 Å². The van der Waals surface area contributed by atoms with E-state index in [1.54, 1.807) is 0 Å². The van der Waals surface area contributed by atoms with Gasteiger partial charge in [-0.15, -0.1) is 0 Å². The van der Waals surface area contributed by atoms with Crippen LogP contribution in [-0.2, 0) is 0 Å². The predicted molar refractivity (Wildman–Crippen MR) is 107 cm³/mol. The van der Waals surface area contributed by atoms with Gasteiger partial charge in [-0.25, -0.2) is 9.59 Å². The Hall–Kier alpha value is -4.34. The molecule has 4 amide bonds. The van der Waals surface area contributed by atoms with E-state index in [1.165, 1.54) is 36.4 Å². The molecule has 2 aromatic carbocycles. The third-order valence-electron chi connectivity index (χ3n) is 5.45. The normalized spacial score (nSPS) is 14.8. The first-order valence-corrected chi connectivity index (χ1v) is 9.67. The first-order chi connectivity index (χ1) is 15.2. The van der Waals surface area contributed by atoms with Crippen molar-refractivity contribution in [3.05, 3.63) is 69.8 Å². The fourth-order valence-electron chi connectivity index (χ4n) is 3.79. The number of imide groups is 2. The van der Waals surface area contributed by atoms with Crippen LogP contribution < -0.4 is 0 Å². The second kappa shape index (κ2) is 7.73. The fraction of sp³-hybridized carbons (Fsp3) is 0.182. The lowest BCUT2D eigenvalue weighted by Gasteiger charge is -2.16. The van der Waals surface area contributed by atoms with Crippen molar-refractivity contribution >= 4 is 35.6 Å². The largest absolute Gasteiger partial charge is 0.478 e. The number of fused-ring (bicyclic) bond motifs is 2. The molecule has 0 unspecified atom stereocenters. The van der Waals surface area contributed by atoms with E-state index in [2.05, 4.69) is 0 Å². The van der Waals surface area contributed by atoms with Crippen LogP contribution in [0.3, 0.4) is 0 Å². The number of nitrogens with zero attached hydrogens (tertiary/aromatic N) is 2. The van der Waals surface area contributed by atoms with Gasteiger partial charge in [0, 0.05) is 13.1 Å². The number of rotatable bonds is 7. The maximum Gasteiger partial charge on any atom is 0.335 e. The smallest absolute Gasteiger partial charge is 0.335 e. The number of amides is 4. The topological polar surface area (TPSA) is 149 Å². The lowest BCUT2D eigenvalue weighted by Crippen LogP contribution is -2.33. The molecule has 0 aromatic heterocycles. The number of benzene rings is 2. The van der Waals surface area contributed by atoms with E-state index in [-0.39, 0.29) is 46.5 Å². The molecule has 2 aliphatic heterocycles. The highest BCUT2D eigenvalue weighted by molar-refractivity contribution is 6.22. The molecule has 0 radical (unpaired) electrons. The SMILES string of the molecule is O=C(O)c1ccc2c(c1)C(=O)N(CCCCN1C(=O)c3ccc(C(=O)O)cc3C1=O)C2=O. The van der Waals surface area contributed by atoms with E-state index in [1.807, 2.05) is 0 Å². The van der Waals surface area contributed by atoms with E-state index in [0.717, 1.165) is 9.80 Å². The van der Waals surface area contributed by atoms with Crippen LogP contribution in [0.1, 0.15) is 75.0 Å². The average molecular weight is 436 g/mol. The van der Waals surface area contributed by atoms with Crippen molar-refractivity contribution < 1.29 is 39.0 Å². The quantitative estimate of drug-likeness (QED) is 0.492. The minimum absolute atomic E-state index is 0.0319. The second-order valence-corrected chi connectivity index (χ2v) is 7.36. The average Bonchev–Trinajstić information content (AvgIpc) is 3.15. The molecular formula is C22H16N2O8. The molecule has 0 spiro atoms. The monoisotopic (exact) mass is 436 g/mol. The summed E-state index contributed by atoms with van der Waals surface area (Å²) in [7, 11) is 0. The van der Waals surface area contributed by atoms with Crippen LogP contribution in [0.4, 0.5) is 0 Å². The number of unbranched alkanes of at least 4 members (excludes halogenated alkanes) is 1. The van der Waals surface area contributed by atoms with Gasteiger partial charge in [0.15, 0.2) is 0 Å². The molecular weight excluding hydrogens is 420 g/mol. The summed E-state index contributed by atoms with van der Waals surface area (Å²) in [5, 5.41) is 18.1. The standard InChI is InChI=1S/C22H16N2O8/c25-17-13-5-3-11(21(29)30)9-15(13)19(27)23(17)7-1-2-8-24-18(26)14-6-4-12(22(31)32)10-16(14)20(24)28/h3-6,9-10H,1-2,7-8H2,(H,29,30)(H,31,32). The van der Waals surface area contributed by atoms with E-state index in [4.69, 9.17) is 10.2 Å². The number of carbonyl (C=O) groups excluding carboxylic acids is 4. The van der Waals surface area contributed by atoms with Crippen molar-refractivity contribution in [3.63, 3.8) is 0 Å². The lowest BCUT2D eigenvalue weighted by molar-refractivity contribution is 0.0614. The molecule has 2 heterocycles. The van der Waals surface area contributed by atoms with Crippen LogP contribution in [0, 0.1) is 0 Å². The molecule has 0 fully saturated rings. The maximum absolute atomic E-state index is 12.5. The Bertz CT molecular complexity index is 1140. The summed E-state index contributed by atoms with van der Waals surface area (Å²) in [5.74, 6) is -4.64. The van der Waals surface area contributed by atoms with E-state index in [0.29, 0.717) is 12.8 Å². The molecule has 0 aliphatic carbocycles. The molecule has 0 bridgehead atoms. The lowest BCUT2D eigenvalue weighted by atomic mass is 10.1. The van der Waals surface area contributed by atoms with Crippen molar-refractivity contribution in [2.24, 2.45) is 0 Å². The Balaban J connectivity index is 1.37. The highest BCUT2D eigenvalue weighted by Crippen LogP contribution is 2.26. The summed E-state index contributed by atoms with van der Waals surface area (Å²) in [6.45, 7) is 0.0855. The van der Waals surface area contributed by atoms with Crippen LogP contribution in [0.15, 0.2) is 36.4 Å². The van der Waals surface area contributed by atoms with Gasteiger partial charge >= 0.3 is 11.9 Å². The van der Waals surface area contributed by atoms with Gasteiger partial charge < -0.3 is 10.2 Å². The first kappa shape index (κ1) is 20.9. The van der Waals surface area contributed by atoms with Gasteiger partial charge in [-0.2, -0.15) is 0 Å². The van der Waals surface area contributed by atoms with E-state index in [9.17, 15) is 28.8 Å². The summed E-state index contributed by atoms with van der Waals surface area (Å²) in [4.78, 5) is 74.2. The molecule has 4 rings (SSSR count). The summed E-state index contributed by atoms with van der Waals surface area (Å²) >= 11 is 0. The van der Waals surface area contributed by atoms with Gasteiger partial charge in [0.25, 0.3) is 23.6 Å². The molecule has 162 valence electrons. The highest BCUT2D eigenvalue weighted by atomic mass is 16.4. The number of hydrogen-bond donors (Lipinski definition) is 2. The molecule has 10 heteroatoms. The van der Waals surface area contributed by atoms with Crippen molar-refractivity contribution in [2.45, 2.75) is 12.8 Å². The number of carboxylic acid groups (broad SMARTS) is 2. The van der Waals surface area contributed by atoms with Crippen LogP contribution in [0.5, 0.6) is 0 Å². The summed E-state index contributed by atoms with van der Waals surface area (Å²) in [6.07, 6.45) is 0.621. The van der Waals surface area contributed by atoms with Crippen LogP contribution in [0.25, 0.3) is 0 Å². The Kier molecular flexibility index (Phi) is 5.05. The molecule has 0 atom stereocenters. The zero-order chi connectivity index (χ0) is 23.2. The third-order valence-corrected chi connectivity index (χ3v) is 5.45.